The molecule has 2 heterocycles. The van der Waals surface area contributed by atoms with Crippen molar-refractivity contribution < 1.29 is 4.79 Å². The summed E-state index contributed by atoms with van der Waals surface area (Å²) < 4.78 is 0. The van der Waals surface area contributed by atoms with Gasteiger partial charge in [-0.25, -0.2) is 4.98 Å². The summed E-state index contributed by atoms with van der Waals surface area (Å²) in [6, 6.07) is 1.62. The van der Waals surface area contributed by atoms with Crippen molar-refractivity contribution in [3.63, 3.8) is 0 Å². The molecule has 2 rings (SSSR count). The number of amides is 1. The van der Waals surface area contributed by atoms with Crippen LogP contribution < -0.4 is 10.6 Å². The minimum absolute atomic E-state index is 0.187. The Bertz CT molecular complexity index is 613. The highest BCUT2D eigenvalue weighted by atomic mass is 16.1. The van der Waals surface area contributed by atoms with Gasteiger partial charge < -0.3 is 5.32 Å². The SMILES string of the molecule is CNc1cnccc1C(=O)Nc1nnc(C)c(C)n1. The van der Waals surface area contributed by atoms with Crippen molar-refractivity contribution in [2.75, 3.05) is 17.7 Å². The Labute approximate surface area is 110 Å². The molecule has 1 amide bonds. The average molecular weight is 258 g/mol. The number of aryl methyl sites for hydroxylation is 2. The summed E-state index contributed by atoms with van der Waals surface area (Å²) in [5, 5.41) is 13.3. The van der Waals surface area contributed by atoms with Gasteiger partial charge in [-0.05, 0) is 19.9 Å². The predicted molar refractivity (Wildman–Crippen MR) is 71.0 cm³/mol. The van der Waals surface area contributed by atoms with Crippen LogP contribution in [0.25, 0.3) is 0 Å². The molecule has 0 saturated carbocycles. The molecule has 7 heteroatoms. The molecule has 0 aliphatic rings. The normalized spacial score (nSPS) is 10.1. The lowest BCUT2D eigenvalue weighted by Gasteiger charge is -2.08. The van der Waals surface area contributed by atoms with Gasteiger partial charge in [-0.2, -0.15) is 5.10 Å². The van der Waals surface area contributed by atoms with E-state index >= 15 is 0 Å². The molecule has 0 fully saturated rings. The first kappa shape index (κ1) is 12.9. The molecule has 19 heavy (non-hydrogen) atoms. The predicted octanol–water partition coefficient (Wildman–Crippen LogP) is 1.18. The molecule has 98 valence electrons. The third-order valence-electron chi connectivity index (χ3n) is 2.65. The molecule has 0 saturated heterocycles. The van der Waals surface area contributed by atoms with Crippen molar-refractivity contribution in [1.29, 1.82) is 0 Å². The topological polar surface area (TPSA) is 92.7 Å². The second-order valence-electron chi connectivity index (χ2n) is 3.93. The van der Waals surface area contributed by atoms with Gasteiger partial charge in [0.15, 0.2) is 0 Å². The monoisotopic (exact) mass is 258 g/mol. The summed E-state index contributed by atoms with van der Waals surface area (Å²) in [5.74, 6) is -0.122. The van der Waals surface area contributed by atoms with Gasteiger partial charge >= 0.3 is 0 Å². The first-order valence-electron chi connectivity index (χ1n) is 5.73. The quantitative estimate of drug-likeness (QED) is 0.858. The fraction of sp³-hybridized carbons (Fsp3) is 0.250. The average Bonchev–Trinajstić information content (AvgIpc) is 2.43. The standard InChI is InChI=1S/C12H14N6O/c1-7-8(2)17-18-12(15-7)16-11(19)9-4-5-14-6-10(9)13-3/h4-6,13H,1-3H3,(H,15,16,18,19). The zero-order valence-electron chi connectivity index (χ0n) is 10.9. The largest absolute Gasteiger partial charge is 0.386 e. The second-order valence-corrected chi connectivity index (χ2v) is 3.93. The number of aromatic nitrogens is 4. The number of carbonyl (C=O) groups excluding carboxylic acids is 1. The van der Waals surface area contributed by atoms with Gasteiger partial charge in [-0.15, -0.1) is 5.10 Å². The van der Waals surface area contributed by atoms with Crippen molar-refractivity contribution in [3.8, 4) is 0 Å². The minimum Gasteiger partial charge on any atom is -0.386 e. The van der Waals surface area contributed by atoms with Crippen LogP contribution in [0.5, 0.6) is 0 Å². The third-order valence-corrected chi connectivity index (χ3v) is 2.65. The zero-order valence-corrected chi connectivity index (χ0v) is 10.9. The Kier molecular flexibility index (Phi) is 3.65. The van der Waals surface area contributed by atoms with Crippen LogP contribution in [0.4, 0.5) is 11.6 Å². The minimum atomic E-state index is -0.309. The summed E-state index contributed by atoms with van der Waals surface area (Å²) in [4.78, 5) is 20.2. The van der Waals surface area contributed by atoms with E-state index in [1.807, 2.05) is 13.8 Å². The summed E-state index contributed by atoms with van der Waals surface area (Å²) in [5.41, 5.74) is 2.57. The lowest BCUT2D eigenvalue weighted by molar-refractivity contribution is 0.102. The van der Waals surface area contributed by atoms with E-state index in [1.54, 1.807) is 25.5 Å². The molecule has 0 bridgehead atoms. The fourth-order valence-electron chi connectivity index (χ4n) is 1.47. The maximum Gasteiger partial charge on any atom is 0.260 e. The van der Waals surface area contributed by atoms with Gasteiger partial charge in [0.2, 0.25) is 5.95 Å². The number of nitrogens with one attached hydrogen (secondary N) is 2. The highest BCUT2D eigenvalue weighted by Gasteiger charge is 2.12. The molecular weight excluding hydrogens is 244 g/mol. The second kappa shape index (κ2) is 5.38. The van der Waals surface area contributed by atoms with Crippen molar-refractivity contribution in [3.05, 3.63) is 35.4 Å². The maximum atomic E-state index is 12.1. The molecule has 2 aromatic heterocycles. The van der Waals surface area contributed by atoms with Crippen LogP contribution in [-0.2, 0) is 0 Å². The van der Waals surface area contributed by atoms with E-state index in [0.717, 1.165) is 11.4 Å². The van der Waals surface area contributed by atoms with E-state index in [2.05, 4.69) is 30.8 Å². The van der Waals surface area contributed by atoms with E-state index in [1.165, 1.54) is 0 Å². The number of rotatable bonds is 3. The van der Waals surface area contributed by atoms with Gasteiger partial charge in [-0.1, -0.05) is 0 Å². The lowest BCUT2D eigenvalue weighted by Crippen LogP contribution is -2.17. The van der Waals surface area contributed by atoms with Crippen LogP contribution in [0.15, 0.2) is 18.5 Å². The van der Waals surface area contributed by atoms with Crippen molar-refractivity contribution in [2.45, 2.75) is 13.8 Å². The molecule has 0 aliphatic heterocycles. The Morgan fingerprint density at radius 3 is 2.68 bits per heavy atom. The van der Waals surface area contributed by atoms with Crippen molar-refractivity contribution in [2.24, 2.45) is 0 Å². The third kappa shape index (κ3) is 2.82. The first-order valence-corrected chi connectivity index (χ1v) is 5.73. The fourth-order valence-corrected chi connectivity index (χ4v) is 1.47. The number of nitrogens with zero attached hydrogens (tertiary/aromatic N) is 4. The van der Waals surface area contributed by atoms with Crippen molar-refractivity contribution in [1.82, 2.24) is 20.2 Å². The Hall–Kier alpha value is -2.57. The van der Waals surface area contributed by atoms with Gasteiger partial charge in [0.05, 0.1) is 28.8 Å². The number of hydrogen-bond donors (Lipinski definition) is 2. The van der Waals surface area contributed by atoms with E-state index in [0.29, 0.717) is 11.3 Å². The number of anilines is 2. The van der Waals surface area contributed by atoms with Crippen LogP contribution in [0.1, 0.15) is 21.7 Å². The molecule has 0 atom stereocenters. The molecule has 0 unspecified atom stereocenters. The van der Waals surface area contributed by atoms with Crippen LogP contribution >= 0.6 is 0 Å². The molecule has 7 nitrogen and oxygen atoms in total. The van der Waals surface area contributed by atoms with E-state index in [4.69, 9.17) is 0 Å². The molecule has 2 N–H and O–H groups in total. The van der Waals surface area contributed by atoms with Crippen LogP contribution in [-0.4, -0.2) is 33.1 Å². The van der Waals surface area contributed by atoms with E-state index < -0.39 is 0 Å². The van der Waals surface area contributed by atoms with Crippen LogP contribution in [0.3, 0.4) is 0 Å². The van der Waals surface area contributed by atoms with E-state index in [-0.39, 0.29) is 11.9 Å². The number of hydrogen-bond acceptors (Lipinski definition) is 6. The maximum absolute atomic E-state index is 12.1. The number of carbonyl (C=O) groups is 1. The van der Waals surface area contributed by atoms with Crippen molar-refractivity contribution >= 4 is 17.5 Å². The Morgan fingerprint density at radius 2 is 2.00 bits per heavy atom. The molecular formula is C12H14N6O. The van der Waals surface area contributed by atoms with Gasteiger partial charge in [0, 0.05) is 13.2 Å². The molecule has 0 aliphatic carbocycles. The summed E-state index contributed by atoms with van der Waals surface area (Å²) in [7, 11) is 1.72. The molecule has 0 aromatic carbocycles. The zero-order chi connectivity index (χ0) is 13.8. The molecule has 0 radical (unpaired) electrons. The smallest absolute Gasteiger partial charge is 0.260 e. The summed E-state index contributed by atoms with van der Waals surface area (Å²) in [6.07, 6.45) is 3.13. The highest BCUT2D eigenvalue weighted by Crippen LogP contribution is 2.14. The summed E-state index contributed by atoms with van der Waals surface area (Å²) >= 11 is 0. The Balaban J connectivity index is 2.23. The number of pyridine rings is 1. The lowest BCUT2D eigenvalue weighted by atomic mass is 10.2. The molecule has 2 aromatic rings. The van der Waals surface area contributed by atoms with Crippen LogP contribution in [0.2, 0.25) is 0 Å². The van der Waals surface area contributed by atoms with Gasteiger partial charge in [0.25, 0.3) is 5.91 Å². The van der Waals surface area contributed by atoms with Gasteiger partial charge in [-0.3, -0.25) is 15.1 Å². The Morgan fingerprint density at radius 1 is 1.21 bits per heavy atom. The summed E-state index contributed by atoms with van der Waals surface area (Å²) in [6.45, 7) is 3.62. The van der Waals surface area contributed by atoms with E-state index in [9.17, 15) is 4.79 Å². The highest BCUT2D eigenvalue weighted by molar-refractivity contribution is 6.07. The molecule has 0 spiro atoms. The van der Waals surface area contributed by atoms with Crippen LogP contribution in [0, 0.1) is 13.8 Å². The first-order chi connectivity index (χ1) is 9.11. The van der Waals surface area contributed by atoms with Gasteiger partial charge in [0.1, 0.15) is 0 Å².